The quantitative estimate of drug-likeness (QED) is 0.856. The third kappa shape index (κ3) is 2.28. The number of carbonyl (C=O) groups excluding carboxylic acids is 1. The van der Waals surface area contributed by atoms with E-state index in [0.717, 1.165) is 30.8 Å². The van der Waals surface area contributed by atoms with Crippen molar-refractivity contribution in [2.45, 2.75) is 25.8 Å². The van der Waals surface area contributed by atoms with Crippen molar-refractivity contribution < 1.29 is 4.79 Å². The van der Waals surface area contributed by atoms with Crippen molar-refractivity contribution >= 4 is 17.2 Å². The molecule has 2 heterocycles. The molecule has 88 valence electrons. The monoisotopic (exact) mass is 238 g/mol. The zero-order valence-corrected chi connectivity index (χ0v) is 10.4. The Balaban J connectivity index is 2.03. The second-order valence-electron chi connectivity index (χ2n) is 4.35. The minimum atomic E-state index is 0.167. The normalized spacial score (nSPS) is 25.8. The minimum Gasteiger partial charge on any atom is -0.338 e. The maximum Gasteiger partial charge on any atom is 0.263 e. The Hall–Kier alpha value is -0.870. The zero-order chi connectivity index (χ0) is 11.5. The summed E-state index contributed by atoms with van der Waals surface area (Å²) in [6.07, 6.45) is 1.98. The summed E-state index contributed by atoms with van der Waals surface area (Å²) in [4.78, 5) is 14.9. The van der Waals surface area contributed by atoms with E-state index in [1.54, 1.807) is 0 Å². The third-order valence-electron chi connectivity index (χ3n) is 3.34. The lowest BCUT2D eigenvalue weighted by Crippen LogP contribution is -2.48. The summed E-state index contributed by atoms with van der Waals surface area (Å²) >= 11 is 1.51. The van der Waals surface area contributed by atoms with E-state index in [2.05, 4.69) is 6.92 Å². The van der Waals surface area contributed by atoms with E-state index >= 15 is 0 Å². The van der Waals surface area contributed by atoms with Gasteiger partial charge in [0.05, 0.1) is 4.88 Å². The van der Waals surface area contributed by atoms with Crippen molar-refractivity contribution in [3.63, 3.8) is 0 Å². The molecule has 1 aromatic rings. The summed E-state index contributed by atoms with van der Waals surface area (Å²) in [6.45, 7) is 3.76. The van der Waals surface area contributed by atoms with Crippen LogP contribution in [-0.4, -0.2) is 29.9 Å². The number of piperidine rings is 1. The van der Waals surface area contributed by atoms with E-state index in [-0.39, 0.29) is 11.9 Å². The molecular weight excluding hydrogens is 220 g/mol. The molecule has 16 heavy (non-hydrogen) atoms. The number of nitrogens with zero attached hydrogens (tertiary/aromatic N) is 1. The minimum absolute atomic E-state index is 0.167. The molecule has 0 bridgehead atoms. The molecule has 1 saturated heterocycles. The molecule has 1 aliphatic rings. The average molecular weight is 238 g/mol. The predicted molar refractivity (Wildman–Crippen MR) is 66.6 cm³/mol. The van der Waals surface area contributed by atoms with Crippen LogP contribution in [0.2, 0.25) is 0 Å². The van der Waals surface area contributed by atoms with Crippen LogP contribution < -0.4 is 5.73 Å². The van der Waals surface area contributed by atoms with E-state index in [9.17, 15) is 4.79 Å². The Morgan fingerprint density at radius 2 is 2.50 bits per heavy atom. The van der Waals surface area contributed by atoms with Gasteiger partial charge in [0, 0.05) is 19.1 Å². The molecule has 2 rings (SSSR count). The molecule has 0 spiro atoms. The predicted octanol–water partition coefficient (Wildman–Crippen LogP) is 1.95. The van der Waals surface area contributed by atoms with Gasteiger partial charge < -0.3 is 10.6 Å². The first-order valence-corrected chi connectivity index (χ1v) is 6.68. The van der Waals surface area contributed by atoms with Crippen LogP contribution >= 0.6 is 11.3 Å². The number of carbonyl (C=O) groups is 1. The van der Waals surface area contributed by atoms with Crippen LogP contribution in [0.3, 0.4) is 0 Å². The Morgan fingerprint density at radius 3 is 3.12 bits per heavy atom. The van der Waals surface area contributed by atoms with Gasteiger partial charge in [0.15, 0.2) is 0 Å². The first kappa shape index (κ1) is 11.6. The van der Waals surface area contributed by atoms with E-state index in [0.29, 0.717) is 5.92 Å². The number of hydrogen-bond acceptors (Lipinski definition) is 3. The highest BCUT2D eigenvalue weighted by Crippen LogP contribution is 2.21. The largest absolute Gasteiger partial charge is 0.338 e. The summed E-state index contributed by atoms with van der Waals surface area (Å²) < 4.78 is 0. The van der Waals surface area contributed by atoms with Gasteiger partial charge in [-0.2, -0.15) is 0 Å². The second kappa shape index (κ2) is 4.97. The lowest BCUT2D eigenvalue weighted by atomic mass is 9.90. The fourth-order valence-corrected chi connectivity index (χ4v) is 2.91. The number of rotatable bonds is 2. The molecule has 0 saturated carbocycles. The van der Waals surface area contributed by atoms with Crippen LogP contribution in [0.25, 0.3) is 0 Å². The zero-order valence-electron chi connectivity index (χ0n) is 9.56. The van der Waals surface area contributed by atoms with Crippen molar-refractivity contribution in [3.05, 3.63) is 22.4 Å². The molecule has 2 unspecified atom stereocenters. The fraction of sp³-hybridized carbons (Fsp3) is 0.583. The fourth-order valence-electron chi connectivity index (χ4n) is 2.22. The first-order chi connectivity index (χ1) is 7.72. The summed E-state index contributed by atoms with van der Waals surface area (Å²) in [6, 6.07) is 4.07. The SMILES string of the molecule is CCC1CN(C(=O)c2cccs2)CCC1N. The van der Waals surface area contributed by atoms with E-state index < -0.39 is 0 Å². The molecule has 3 nitrogen and oxygen atoms in total. The molecule has 0 aliphatic carbocycles. The average Bonchev–Trinajstić information content (AvgIpc) is 2.82. The lowest BCUT2D eigenvalue weighted by Gasteiger charge is -2.36. The van der Waals surface area contributed by atoms with Crippen LogP contribution in [0.1, 0.15) is 29.4 Å². The van der Waals surface area contributed by atoms with Crippen LogP contribution in [0.5, 0.6) is 0 Å². The van der Waals surface area contributed by atoms with Crippen LogP contribution in [0, 0.1) is 5.92 Å². The van der Waals surface area contributed by atoms with E-state index in [1.807, 2.05) is 22.4 Å². The molecule has 0 aromatic carbocycles. The van der Waals surface area contributed by atoms with Gasteiger partial charge in [0.1, 0.15) is 0 Å². The van der Waals surface area contributed by atoms with E-state index in [4.69, 9.17) is 5.73 Å². The van der Waals surface area contributed by atoms with Gasteiger partial charge in [-0.1, -0.05) is 19.4 Å². The molecule has 1 fully saturated rings. The molecule has 2 N–H and O–H groups in total. The second-order valence-corrected chi connectivity index (χ2v) is 5.30. The summed E-state index contributed by atoms with van der Waals surface area (Å²) in [7, 11) is 0. The van der Waals surface area contributed by atoms with Gasteiger partial charge in [0.2, 0.25) is 0 Å². The molecule has 2 atom stereocenters. The highest BCUT2D eigenvalue weighted by atomic mass is 32.1. The highest BCUT2D eigenvalue weighted by molar-refractivity contribution is 7.12. The van der Waals surface area contributed by atoms with Gasteiger partial charge in [-0.15, -0.1) is 11.3 Å². The molecule has 4 heteroatoms. The third-order valence-corrected chi connectivity index (χ3v) is 4.19. The standard InChI is InChI=1S/C12H18N2OS/c1-2-9-8-14(6-5-10(9)13)12(15)11-4-3-7-16-11/h3-4,7,9-10H,2,5-6,8,13H2,1H3. The molecule has 0 radical (unpaired) electrons. The first-order valence-electron chi connectivity index (χ1n) is 5.80. The molecule has 1 aromatic heterocycles. The smallest absolute Gasteiger partial charge is 0.263 e. The number of thiophene rings is 1. The van der Waals surface area contributed by atoms with E-state index in [1.165, 1.54) is 11.3 Å². The van der Waals surface area contributed by atoms with Gasteiger partial charge in [-0.25, -0.2) is 0 Å². The maximum absolute atomic E-state index is 12.1. The lowest BCUT2D eigenvalue weighted by molar-refractivity contribution is 0.0654. The maximum atomic E-state index is 12.1. The van der Waals surface area contributed by atoms with Crippen LogP contribution in [-0.2, 0) is 0 Å². The van der Waals surface area contributed by atoms with Crippen molar-refractivity contribution in [2.24, 2.45) is 11.7 Å². The van der Waals surface area contributed by atoms with Gasteiger partial charge in [0.25, 0.3) is 5.91 Å². The Labute approximate surface area is 100 Å². The van der Waals surface area contributed by atoms with Gasteiger partial charge in [-0.05, 0) is 23.8 Å². The Bertz CT molecular complexity index is 350. The summed E-state index contributed by atoms with van der Waals surface area (Å²) in [5.41, 5.74) is 6.04. The van der Waals surface area contributed by atoms with Crippen molar-refractivity contribution in [3.8, 4) is 0 Å². The number of nitrogens with two attached hydrogens (primary N) is 1. The number of likely N-dealkylation sites (tertiary alicyclic amines) is 1. The number of amides is 1. The Morgan fingerprint density at radius 1 is 1.69 bits per heavy atom. The Kier molecular flexibility index (Phi) is 3.61. The highest BCUT2D eigenvalue weighted by Gasteiger charge is 2.28. The number of hydrogen-bond donors (Lipinski definition) is 1. The molecule has 1 aliphatic heterocycles. The molecule has 1 amide bonds. The van der Waals surface area contributed by atoms with Gasteiger partial charge >= 0.3 is 0 Å². The molecular formula is C12H18N2OS. The van der Waals surface area contributed by atoms with Crippen molar-refractivity contribution in [2.75, 3.05) is 13.1 Å². The summed E-state index contributed by atoms with van der Waals surface area (Å²) in [5, 5.41) is 1.94. The summed E-state index contributed by atoms with van der Waals surface area (Å²) in [5.74, 6) is 0.623. The van der Waals surface area contributed by atoms with Crippen molar-refractivity contribution in [1.29, 1.82) is 0 Å². The topological polar surface area (TPSA) is 46.3 Å². The van der Waals surface area contributed by atoms with Crippen molar-refractivity contribution in [1.82, 2.24) is 4.90 Å². The van der Waals surface area contributed by atoms with Gasteiger partial charge in [-0.3, -0.25) is 4.79 Å². The van der Waals surface area contributed by atoms with Crippen LogP contribution in [0.4, 0.5) is 0 Å². The van der Waals surface area contributed by atoms with Crippen LogP contribution in [0.15, 0.2) is 17.5 Å².